The highest BCUT2D eigenvalue weighted by Gasteiger charge is 2.22. The summed E-state index contributed by atoms with van der Waals surface area (Å²) in [4.78, 5) is 26.3. The van der Waals surface area contributed by atoms with Crippen molar-refractivity contribution < 1.29 is 19.1 Å². The SMILES string of the molecule is COC(=O)c1c(NC(=O)c2cc(COc3cc(C)cc(C)c3)cs2)sc(C)c1C. The number of benzene rings is 1. The third kappa shape index (κ3) is 4.86. The molecule has 1 aromatic carbocycles. The predicted octanol–water partition coefficient (Wildman–Crippen LogP) is 5.66. The Balaban J connectivity index is 1.70. The molecule has 5 nitrogen and oxygen atoms in total. The molecule has 7 heteroatoms. The van der Waals surface area contributed by atoms with Crippen LogP contribution in [0.1, 0.15) is 47.2 Å². The number of ether oxygens (including phenoxy) is 2. The number of carbonyl (C=O) groups is 2. The van der Waals surface area contributed by atoms with Gasteiger partial charge in [-0.15, -0.1) is 22.7 Å². The highest BCUT2D eigenvalue weighted by molar-refractivity contribution is 7.17. The highest BCUT2D eigenvalue weighted by atomic mass is 32.1. The molecule has 0 atom stereocenters. The molecule has 0 saturated carbocycles. The molecule has 1 amide bonds. The highest BCUT2D eigenvalue weighted by Crippen LogP contribution is 2.33. The Morgan fingerprint density at radius 2 is 1.72 bits per heavy atom. The van der Waals surface area contributed by atoms with E-state index in [4.69, 9.17) is 9.47 Å². The van der Waals surface area contributed by atoms with E-state index in [1.165, 1.54) is 29.8 Å². The van der Waals surface area contributed by atoms with Crippen LogP contribution in [0.25, 0.3) is 0 Å². The maximum atomic E-state index is 12.7. The van der Waals surface area contributed by atoms with Gasteiger partial charge in [-0.2, -0.15) is 0 Å². The number of hydrogen-bond acceptors (Lipinski definition) is 6. The van der Waals surface area contributed by atoms with E-state index in [-0.39, 0.29) is 5.91 Å². The number of esters is 1. The summed E-state index contributed by atoms with van der Waals surface area (Å²) in [6.45, 7) is 8.21. The van der Waals surface area contributed by atoms with Gasteiger partial charge in [0.1, 0.15) is 17.4 Å². The first-order valence-electron chi connectivity index (χ1n) is 9.06. The number of carbonyl (C=O) groups excluding carboxylic acids is 2. The average molecular weight is 430 g/mol. The summed E-state index contributed by atoms with van der Waals surface area (Å²) in [6, 6.07) is 7.88. The number of thiophene rings is 2. The van der Waals surface area contributed by atoms with Gasteiger partial charge in [-0.1, -0.05) is 6.07 Å². The van der Waals surface area contributed by atoms with Gasteiger partial charge in [-0.05, 0) is 68.0 Å². The minimum Gasteiger partial charge on any atom is -0.489 e. The molecule has 0 spiro atoms. The number of nitrogens with one attached hydrogen (secondary N) is 1. The molecule has 0 saturated heterocycles. The normalized spacial score (nSPS) is 10.7. The largest absolute Gasteiger partial charge is 0.489 e. The summed E-state index contributed by atoms with van der Waals surface area (Å²) in [5.74, 6) is 0.113. The van der Waals surface area contributed by atoms with E-state index in [1.807, 2.05) is 51.3 Å². The van der Waals surface area contributed by atoms with Gasteiger partial charge in [-0.25, -0.2) is 4.79 Å². The van der Waals surface area contributed by atoms with Crippen LogP contribution in [-0.2, 0) is 11.3 Å². The lowest BCUT2D eigenvalue weighted by Crippen LogP contribution is -2.13. The van der Waals surface area contributed by atoms with Gasteiger partial charge in [0.05, 0.1) is 17.6 Å². The molecule has 0 aliphatic rings. The van der Waals surface area contributed by atoms with Gasteiger partial charge in [0.2, 0.25) is 0 Å². The quantitative estimate of drug-likeness (QED) is 0.514. The fraction of sp³-hybridized carbons (Fsp3) is 0.273. The maximum Gasteiger partial charge on any atom is 0.341 e. The second-order valence-electron chi connectivity index (χ2n) is 6.86. The van der Waals surface area contributed by atoms with Crippen LogP contribution >= 0.6 is 22.7 Å². The summed E-state index contributed by atoms with van der Waals surface area (Å²) in [5.41, 5.74) is 4.46. The van der Waals surface area contributed by atoms with Gasteiger partial charge < -0.3 is 14.8 Å². The molecule has 3 rings (SSSR count). The molecule has 2 heterocycles. The molecule has 2 aromatic heterocycles. The molecule has 29 heavy (non-hydrogen) atoms. The lowest BCUT2D eigenvalue weighted by molar-refractivity contribution is 0.0601. The molecule has 0 fully saturated rings. The van der Waals surface area contributed by atoms with Gasteiger partial charge in [0, 0.05) is 10.4 Å². The lowest BCUT2D eigenvalue weighted by Gasteiger charge is -2.07. The fourth-order valence-electron chi connectivity index (χ4n) is 2.98. The number of hydrogen-bond donors (Lipinski definition) is 1. The van der Waals surface area contributed by atoms with E-state index >= 15 is 0 Å². The van der Waals surface area contributed by atoms with Crippen LogP contribution in [0.4, 0.5) is 5.00 Å². The van der Waals surface area contributed by atoms with Crippen molar-refractivity contribution in [3.05, 3.63) is 67.2 Å². The molecule has 0 aliphatic heterocycles. The monoisotopic (exact) mass is 429 g/mol. The van der Waals surface area contributed by atoms with Crippen LogP contribution in [0.3, 0.4) is 0 Å². The summed E-state index contributed by atoms with van der Waals surface area (Å²) in [6.07, 6.45) is 0. The van der Waals surface area contributed by atoms with Crippen LogP contribution in [0.15, 0.2) is 29.6 Å². The lowest BCUT2D eigenvalue weighted by atomic mass is 10.1. The number of rotatable bonds is 6. The third-order valence-electron chi connectivity index (χ3n) is 4.48. The van der Waals surface area contributed by atoms with Crippen molar-refractivity contribution in [1.29, 1.82) is 0 Å². The second kappa shape index (κ2) is 8.80. The van der Waals surface area contributed by atoms with Gasteiger partial charge in [0.25, 0.3) is 5.91 Å². The van der Waals surface area contributed by atoms with E-state index in [0.717, 1.165) is 32.9 Å². The van der Waals surface area contributed by atoms with E-state index in [0.29, 0.717) is 22.0 Å². The summed E-state index contributed by atoms with van der Waals surface area (Å²) >= 11 is 2.72. The summed E-state index contributed by atoms with van der Waals surface area (Å²) in [5, 5.41) is 5.27. The molecule has 1 N–H and O–H groups in total. The van der Waals surface area contributed by atoms with Gasteiger partial charge in [-0.3, -0.25) is 4.79 Å². The minimum atomic E-state index is -0.448. The first-order valence-corrected chi connectivity index (χ1v) is 10.8. The zero-order valence-corrected chi connectivity index (χ0v) is 18.7. The standard InChI is InChI=1S/C22H23NO4S2/c1-12-6-13(2)8-17(7-12)27-10-16-9-18(28-11-16)20(24)23-21-19(22(25)26-5)14(3)15(4)29-21/h6-9,11H,10H2,1-5H3,(H,23,24). The average Bonchev–Trinajstić information content (AvgIpc) is 3.24. The molecule has 152 valence electrons. The zero-order valence-electron chi connectivity index (χ0n) is 17.0. The van der Waals surface area contributed by atoms with Crippen molar-refractivity contribution >= 4 is 39.6 Å². The smallest absolute Gasteiger partial charge is 0.341 e. The van der Waals surface area contributed by atoms with Gasteiger partial charge in [0.15, 0.2) is 0 Å². The van der Waals surface area contributed by atoms with E-state index in [9.17, 15) is 9.59 Å². The molecule has 0 radical (unpaired) electrons. The summed E-state index contributed by atoms with van der Waals surface area (Å²) < 4.78 is 10.7. The maximum absolute atomic E-state index is 12.7. The fourth-order valence-corrected chi connectivity index (χ4v) is 4.82. The Bertz CT molecular complexity index is 1040. The van der Waals surface area contributed by atoms with E-state index in [2.05, 4.69) is 11.4 Å². The molecule has 3 aromatic rings. The molecular weight excluding hydrogens is 406 g/mol. The van der Waals surface area contributed by atoms with Gasteiger partial charge >= 0.3 is 5.97 Å². The van der Waals surface area contributed by atoms with Crippen molar-refractivity contribution in [2.75, 3.05) is 12.4 Å². The number of methoxy groups -OCH3 is 1. The molecule has 0 unspecified atom stereocenters. The van der Waals surface area contributed by atoms with Crippen LogP contribution in [0, 0.1) is 27.7 Å². The van der Waals surface area contributed by atoms with E-state index in [1.54, 1.807) is 0 Å². The Morgan fingerprint density at radius 1 is 1.03 bits per heavy atom. The molecule has 0 bridgehead atoms. The predicted molar refractivity (Wildman–Crippen MR) is 118 cm³/mol. The Morgan fingerprint density at radius 3 is 2.38 bits per heavy atom. The topological polar surface area (TPSA) is 64.6 Å². The van der Waals surface area contributed by atoms with Crippen molar-refractivity contribution in [2.45, 2.75) is 34.3 Å². The van der Waals surface area contributed by atoms with Crippen molar-refractivity contribution in [3.8, 4) is 5.75 Å². The van der Waals surface area contributed by atoms with Crippen molar-refractivity contribution in [1.82, 2.24) is 0 Å². The second-order valence-corrected chi connectivity index (χ2v) is 9.00. The Hall–Kier alpha value is -2.64. The van der Waals surface area contributed by atoms with E-state index < -0.39 is 5.97 Å². The Labute approximate surface area is 178 Å². The van der Waals surface area contributed by atoms with Crippen LogP contribution in [0.2, 0.25) is 0 Å². The zero-order chi connectivity index (χ0) is 21.1. The van der Waals surface area contributed by atoms with Crippen molar-refractivity contribution in [2.24, 2.45) is 0 Å². The summed E-state index contributed by atoms with van der Waals surface area (Å²) in [7, 11) is 1.33. The van der Waals surface area contributed by atoms with Crippen LogP contribution in [-0.4, -0.2) is 19.0 Å². The number of amides is 1. The van der Waals surface area contributed by atoms with Crippen molar-refractivity contribution in [3.63, 3.8) is 0 Å². The Kier molecular flexibility index (Phi) is 6.39. The number of aryl methyl sites for hydroxylation is 3. The molecular formula is C22H23NO4S2. The van der Waals surface area contributed by atoms with Crippen LogP contribution in [0.5, 0.6) is 5.75 Å². The first-order chi connectivity index (χ1) is 13.8. The van der Waals surface area contributed by atoms with Crippen LogP contribution < -0.4 is 10.1 Å². The molecule has 0 aliphatic carbocycles. The minimum absolute atomic E-state index is 0.251. The number of anilines is 1. The third-order valence-corrected chi connectivity index (χ3v) is 6.58. The first kappa shape index (κ1) is 21.1.